The Bertz CT molecular complexity index is 759. The Morgan fingerprint density at radius 3 is 2.29 bits per heavy atom. The van der Waals surface area contributed by atoms with E-state index in [1.54, 1.807) is 24.0 Å². The maximum Gasteiger partial charge on any atom is 0.261 e. The molecule has 5 heteroatoms. The smallest absolute Gasteiger partial charge is 0.261 e. The molecule has 0 spiro atoms. The molecule has 0 heterocycles. The van der Waals surface area contributed by atoms with Gasteiger partial charge in [-0.05, 0) is 44.9 Å². The van der Waals surface area contributed by atoms with Crippen molar-refractivity contribution in [2.24, 2.45) is 0 Å². The molecule has 0 saturated carbocycles. The SMILES string of the molecule is CC[C@@H](C)NC(=O)[C@@H](C)N(Cc1ccc(C)cc1)C(=O)COc1ccccc1. The van der Waals surface area contributed by atoms with E-state index in [-0.39, 0.29) is 24.5 Å². The number of rotatable bonds is 9. The van der Waals surface area contributed by atoms with Gasteiger partial charge in [0.15, 0.2) is 6.61 Å². The number of hydrogen-bond donors (Lipinski definition) is 1. The molecule has 2 amide bonds. The lowest BCUT2D eigenvalue weighted by Gasteiger charge is -2.29. The molecule has 150 valence electrons. The van der Waals surface area contributed by atoms with E-state index in [4.69, 9.17) is 4.74 Å². The van der Waals surface area contributed by atoms with E-state index in [2.05, 4.69) is 5.32 Å². The normalized spacial score (nSPS) is 12.7. The molecular weight excluding hydrogens is 352 g/mol. The molecule has 0 radical (unpaired) electrons. The summed E-state index contributed by atoms with van der Waals surface area (Å²) in [6.07, 6.45) is 0.835. The molecule has 1 N–H and O–H groups in total. The lowest BCUT2D eigenvalue weighted by Crippen LogP contribution is -2.50. The zero-order valence-electron chi connectivity index (χ0n) is 17.1. The third-order valence-corrected chi connectivity index (χ3v) is 4.75. The van der Waals surface area contributed by atoms with Gasteiger partial charge in [0.25, 0.3) is 5.91 Å². The predicted molar refractivity (Wildman–Crippen MR) is 111 cm³/mol. The standard InChI is InChI=1S/C23H30N2O3/c1-5-18(3)24-23(27)19(4)25(15-20-13-11-17(2)12-14-20)22(26)16-28-21-9-7-6-8-10-21/h6-14,18-19H,5,15-16H2,1-4H3,(H,24,27)/t18-,19-/m1/s1. The molecule has 0 aliphatic heterocycles. The Morgan fingerprint density at radius 2 is 1.68 bits per heavy atom. The van der Waals surface area contributed by atoms with Gasteiger partial charge in [0.05, 0.1) is 0 Å². The van der Waals surface area contributed by atoms with Crippen LogP contribution in [0.5, 0.6) is 5.75 Å². The molecule has 2 atom stereocenters. The summed E-state index contributed by atoms with van der Waals surface area (Å²) < 4.78 is 5.61. The van der Waals surface area contributed by atoms with Crippen molar-refractivity contribution in [1.82, 2.24) is 10.2 Å². The maximum absolute atomic E-state index is 12.9. The second-order valence-corrected chi connectivity index (χ2v) is 7.10. The molecule has 0 aromatic heterocycles. The van der Waals surface area contributed by atoms with Crippen LogP contribution in [-0.2, 0) is 16.1 Å². The molecule has 0 bridgehead atoms. The number of aryl methyl sites for hydroxylation is 1. The van der Waals surface area contributed by atoms with Crippen molar-refractivity contribution in [3.05, 3.63) is 65.7 Å². The first-order chi connectivity index (χ1) is 13.4. The van der Waals surface area contributed by atoms with Crippen LogP contribution in [0.1, 0.15) is 38.3 Å². The Labute approximate surface area is 167 Å². The molecule has 0 unspecified atom stereocenters. The van der Waals surface area contributed by atoms with Crippen LogP contribution in [0.4, 0.5) is 0 Å². The zero-order valence-corrected chi connectivity index (χ0v) is 17.1. The van der Waals surface area contributed by atoms with E-state index in [9.17, 15) is 9.59 Å². The minimum absolute atomic E-state index is 0.0619. The number of ether oxygens (including phenoxy) is 1. The van der Waals surface area contributed by atoms with Gasteiger partial charge in [-0.1, -0.05) is 55.0 Å². The summed E-state index contributed by atoms with van der Waals surface area (Å²) in [6.45, 7) is 7.98. The van der Waals surface area contributed by atoms with Gasteiger partial charge in [0.1, 0.15) is 11.8 Å². The van der Waals surface area contributed by atoms with Crippen molar-refractivity contribution in [2.45, 2.75) is 52.7 Å². The third-order valence-electron chi connectivity index (χ3n) is 4.75. The highest BCUT2D eigenvalue weighted by atomic mass is 16.5. The number of carbonyl (C=O) groups is 2. The van der Waals surface area contributed by atoms with Crippen molar-refractivity contribution in [3.8, 4) is 5.75 Å². The van der Waals surface area contributed by atoms with Crippen molar-refractivity contribution in [2.75, 3.05) is 6.61 Å². The third kappa shape index (κ3) is 6.41. The molecule has 0 aliphatic carbocycles. The molecular formula is C23H30N2O3. The van der Waals surface area contributed by atoms with Gasteiger partial charge in [-0.2, -0.15) is 0 Å². The van der Waals surface area contributed by atoms with Crippen molar-refractivity contribution < 1.29 is 14.3 Å². The fourth-order valence-corrected chi connectivity index (χ4v) is 2.68. The van der Waals surface area contributed by atoms with Gasteiger partial charge in [0.2, 0.25) is 5.91 Å². The van der Waals surface area contributed by atoms with E-state index in [0.29, 0.717) is 12.3 Å². The first kappa shape index (κ1) is 21.5. The summed E-state index contributed by atoms with van der Waals surface area (Å²) in [5, 5.41) is 2.96. The Balaban J connectivity index is 2.12. The molecule has 2 aromatic carbocycles. The Hall–Kier alpha value is -2.82. The quantitative estimate of drug-likeness (QED) is 0.719. The fraction of sp³-hybridized carbons (Fsp3) is 0.391. The number of para-hydroxylation sites is 1. The maximum atomic E-state index is 12.9. The van der Waals surface area contributed by atoms with Crippen LogP contribution in [0.3, 0.4) is 0 Å². The molecule has 5 nitrogen and oxygen atoms in total. The number of carbonyl (C=O) groups excluding carboxylic acids is 2. The summed E-state index contributed by atoms with van der Waals surface area (Å²) in [5.74, 6) is 0.244. The van der Waals surface area contributed by atoms with Crippen molar-refractivity contribution in [3.63, 3.8) is 0 Å². The second-order valence-electron chi connectivity index (χ2n) is 7.10. The van der Waals surface area contributed by atoms with Gasteiger partial charge in [0, 0.05) is 12.6 Å². The van der Waals surface area contributed by atoms with Crippen LogP contribution >= 0.6 is 0 Å². The zero-order chi connectivity index (χ0) is 20.5. The number of hydrogen-bond acceptors (Lipinski definition) is 3. The number of benzene rings is 2. The van der Waals surface area contributed by atoms with Gasteiger partial charge in [-0.3, -0.25) is 9.59 Å². The van der Waals surface area contributed by atoms with E-state index in [1.807, 2.05) is 63.2 Å². The Kier molecular flexibility index (Phi) is 8.05. The number of amides is 2. The fourth-order valence-electron chi connectivity index (χ4n) is 2.68. The average Bonchev–Trinajstić information content (AvgIpc) is 2.71. The van der Waals surface area contributed by atoms with Gasteiger partial charge in [-0.25, -0.2) is 0 Å². The van der Waals surface area contributed by atoms with Crippen LogP contribution in [0, 0.1) is 6.92 Å². The molecule has 2 rings (SSSR count). The summed E-state index contributed by atoms with van der Waals surface area (Å²) in [4.78, 5) is 27.1. The molecule has 28 heavy (non-hydrogen) atoms. The first-order valence-electron chi connectivity index (χ1n) is 9.74. The average molecular weight is 383 g/mol. The van der Waals surface area contributed by atoms with Crippen molar-refractivity contribution in [1.29, 1.82) is 0 Å². The lowest BCUT2D eigenvalue weighted by atomic mass is 10.1. The topological polar surface area (TPSA) is 58.6 Å². The van der Waals surface area contributed by atoms with E-state index in [1.165, 1.54) is 0 Å². The molecule has 0 fully saturated rings. The summed E-state index contributed by atoms with van der Waals surface area (Å²) in [6, 6.07) is 16.6. The Morgan fingerprint density at radius 1 is 1.04 bits per heavy atom. The molecule has 0 aliphatic rings. The van der Waals surface area contributed by atoms with E-state index >= 15 is 0 Å². The summed E-state index contributed by atoms with van der Waals surface area (Å²) in [5.41, 5.74) is 2.12. The minimum atomic E-state index is -0.595. The second kappa shape index (κ2) is 10.5. The first-order valence-corrected chi connectivity index (χ1v) is 9.74. The number of nitrogens with zero attached hydrogens (tertiary/aromatic N) is 1. The summed E-state index contributed by atoms with van der Waals surface area (Å²) in [7, 11) is 0. The largest absolute Gasteiger partial charge is 0.484 e. The number of nitrogens with one attached hydrogen (secondary N) is 1. The van der Waals surface area contributed by atoms with Crippen LogP contribution in [0.25, 0.3) is 0 Å². The highest BCUT2D eigenvalue weighted by Crippen LogP contribution is 2.13. The predicted octanol–water partition coefficient (Wildman–Crippen LogP) is 3.71. The lowest BCUT2D eigenvalue weighted by molar-refractivity contribution is -0.142. The monoisotopic (exact) mass is 382 g/mol. The van der Waals surface area contributed by atoms with Gasteiger partial charge >= 0.3 is 0 Å². The van der Waals surface area contributed by atoms with Crippen molar-refractivity contribution >= 4 is 11.8 Å². The highest BCUT2D eigenvalue weighted by Gasteiger charge is 2.27. The molecule has 0 saturated heterocycles. The van der Waals surface area contributed by atoms with Crippen LogP contribution < -0.4 is 10.1 Å². The van der Waals surface area contributed by atoms with Crippen LogP contribution in [0.2, 0.25) is 0 Å². The minimum Gasteiger partial charge on any atom is -0.484 e. The highest BCUT2D eigenvalue weighted by molar-refractivity contribution is 5.88. The van der Waals surface area contributed by atoms with E-state index < -0.39 is 6.04 Å². The summed E-state index contributed by atoms with van der Waals surface area (Å²) >= 11 is 0. The van der Waals surface area contributed by atoms with Crippen LogP contribution in [0.15, 0.2) is 54.6 Å². The van der Waals surface area contributed by atoms with Gasteiger partial charge in [-0.15, -0.1) is 0 Å². The molecule has 2 aromatic rings. The van der Waals surface area contributed by atoms with Crippen LogP contribution in [-0.4, -0.2) is 35.4 Å². The van der Waals surface area contributed by atoms with E-state index in [0.717, 1.165) is 17.5 Å². The van der Waals surface area contributed by atoms with Gasteiger partial charge < -0.3 is 15.0 Å².